The molecule has 5 nitrogen and oxygen atoms in total. The minimum Gasteiger partial charge on any atom is -0.491 e. The van der Waals surface area contributed by atoms with Gasteiger partial charge in [0.1, 0.15) is 5.75 Å². The van der Waals surface area contributed by atoms with Crippen molar-refractivity contribution in [2.45, 2.75) is 32.4 Å². The molecule has 2 aliphatic heterocycles. The van der Waals surface area contributed by atoms with E-state index in [2.05, 4.69) is 9.80 Å². The molecule has 1 unspecified atom stereocenters. The maximum absolute atomic E-state index is 13.2. The number of thioether (sulfide) groups is 1. The van der Waals surface area contributed by atoms with Crippen molar-refractivity contribution in [2.24, 2.45) is 0 Å². The van der Waals surface area contributed by atoms with E-state index in [4.69, 9.17) is 9.47 Å². The van der Waals surface area contributed by atoms with E-state index in [9.17, 15) is 4.79 Å². The maximum atomic E-state index is 13.2. The van der Waals surface area contributed by atoms with E-state index < -0.39 is 0 Å². The smallest absolute Gasteiger partial charge is 0.254 e. The number of benzene rings is 1. The lowest BCUT2D eigenvalue weighted by molar-refractivity contribution is 0.0245. The molecule has 2 heterocycles. The van der Waals surface area contributed by atoms with Crippen LogP contribution in [0.5, 0.6) is 5.75 Å². The third-order valence-corrected chi connectivity index (χ3v) is 5.94. The lowest BCUT2D eigenvalue weighted by Crippen LogP contribution is -2.50. The minimum absolute atomic E-state index is 0.136. The van der Waals surface area contributed by atoms with Gasteiger partial charge in [0.05, 0.1) is 25.4 Å². The molecule has 1 aromatic carbocycles. The summed E-state index contributed by atoms with van der Waals surface area (Å²) in [5, 5.41) is 0. The van der Waals surface area contributed by atoms with E-state index in [0.717, 1.165) is 68.6 Å². The number of carbonyl (C=O) groups is 1. The summed E-state index contributed by atoms with van der Waals surface area (Å²) in [6.07, 6.45) is 1.20. The number of hydrogen-bond acceptors (Lipinski definition) is 5. The Bertz CT molecular complexity index is 573. The summed E-state index contributed by atoms with van der Waals surface area (Å²) in [5.41, 5.74) is 0.750. The third-order valence-electron chi connectivity index (χ3n) is 4.75. The first-order chi connectivity index (χ1) is 12.6. The zero-order valence-corrected chi connectivity index (χ0v) is 16.7. The predicted octanol–water partition coefficient (Wildman–Crippen LogP) is 2.75. The van der Waals surface area contributed by atoms with Gasteiger partial charge >= 0.3 is 0 Å². The largest absolute Gasteiger partial charge is 0.491 e. The number of morpholine rings is 1. The van der Waals surface area contributed by atoms with Crippen molar-refractivity contribution >= 4 is 17.7 Å². The second kappa shape index (κ2) is 9.62. The van der Waals surface area contributed by atoms with Gasteiger partial charge in [0.15, 0.2) is 0 Å². The lowest BCUT2D eigenvalue weighted by Gasteiger charge is -2.35. The first-order valence-corrected chi connectivity index (χ1v) is 10.7. The average Bonchev–Trinajstić information content (AvgIpc) is 2.88. The molecule has 2 fully saturated rings. The second-order valence-corrected chi connectivity index (χ2v) is 8.33. The zero-order valence-electron chi connectivity index (χ0n) is 15.9. The van der Waals surface area contributed by atoms with Crippen LogP contribution in [0.15, 0.2) is 24.3 Å². The van der Waals surface area contributed by atoms with Crippen LogP contribution in [0.3, 0.4) is 0 Å². The van der Waals surface area contributed by atoms with Crippen molar-refractivity contribution in [3.8, 4) is 5.75 Å². The van der Waals surface area contributed by atoms with Gasteiger partial charge in [-0.15, -0.1) is 0 Å². The van der Waals surface area contributed by atoms with Crippen LogP contribution in [0.1, 0.15) is 30.6 Å². The molecule has 2 aliphatic rings. The van der Waals surface area contributed by atoms with Gasteiger partial charge in [0.25, 0.3) is 5.91 Å². The summed E-state index contributed by atoms with van der Waals surface area (Å²) in [6.45, 7) is 9.31. The Kier molecular flexibility index (Phi) is 7.23. The van der Waals surface area contributed by atoms with Gasteiger partial charge in [-0.3, -0.25) is 9.69 Å². The molecule has 0 aromatic heterocycles. The summed E-state index contributed by atoms with van der Waals surface area (Å²) < 4.78 is 11.1. The van der Waals surface area contributed by atoms with Crippen LogP contribution < -0.4 is 4.74 Å². The molecule has 26 heavy (non-hydrogen) atoms. The number of hydrogen-bond donors (Lipinski definition) is 0. The molecule has 1 atom stereocenters. The molecule has 0 saturated carbocycles. The standard InChI is InChI=1S/C20H30N2O3S/c1-16(2)25-19-6-4-17(5-7-19)20(23)22-8-3-13-26-15-18(22)14-21-9-11-24-12-10-21/h4-7,16,18H,3,8-15H2,1-2H3. The molecule has 0 radical (unpaired) electrons. The van der Waals surface area contributed by atoms with Crippen LogP contribution in [-0.4, -0.2) is 78.8 Å². The Morgan fingerprint density at radius 2 is 1.96 bits per heavy atom. The molecule has 144 valence electrons. The summed E-state index contributed by atoms with van der Waals surface area (Å²) in [6, 6.07) is 7.85. The van der Waals surface area contributed by atoms with E-state index in [1.165, 1.54) is 0 Å². The monoisotopic (exact) mass is 378 g/mol. The second-order valence-electron chi connectivity index (χ2n) is 7.18. The Morgan fingerprint density at radius 3 is 2.65 bits per heavy atom. The van der Waals surface area contributed by atoms with Gasteiger partial charge < -0.3 is 14.4 Å². The van der Waals surface area contributed by atoms with Gasteiger partial charge in [0, 0.05) is 37.5 Å². The SMILES string of the molecule is CC(C)Oc1ccc(C(=O)N2CCCSCC2CN2CCOCC2)cc1. The Hall–Kier alpha value is -1.24. The van der Waals surface area contributed by atoms with Crippen molar-refractivity contribution in [3.63, 3.8) is 0 Å². The topological polar surface area (TPSA) is 42.0 Å². The Morgan fingerprint density at radius 1 is 1.23 bits per heavy atom. The van der Waals surface area contributed by atoms with Crippen molar-refractivity contribution < 1.29 is 14.3 Å². The molecule has 2 saturated heterocycles. The van der Waals surface area contributed by atoms with Gasteiger partial charge in [-0.25, -0.2) is 0 Å². The predicted molar refractivity (Wildman–Crippen MR) is 106 cm³/mol. The first-order valence-electron chi connectivity index (χ1n) is 9.59. The molecule has 1 amide bonds. The normalized spacial score (nSPS) is 22.3. The molecule has 0 aliphatic carbocycles. The summed E-state index contributed by atoms with van der Waals surface area (Å²) >= 11 is 1.97. The maximum Gasteiger partial charge on any atom is 0.254 e. The van der Waals surface area contributed by atoms with E-state index in [0.29, 0.717) is 0 Å². The molecule has 3 rings (SSSR count). The van der Waals surface area contributed by atoms with Gasteiger partial charge in [-0.2, -0.15) is 11.8 Å². The number of carbonyl (C=O) groups excluding carboxylic acids is 1. The average molecular weight is 379 g/mol. The van der Waals surface area contributed by atoms with Crippen molar-refractivity contribution in [3.05, 3.63) is 29.8 Å². The third kappa shape index (κ3) is 5.38. The Balaban J connectivity index is 1.69. The van der Waals surface area contributed by atoms with Crippen LogP contribution in [0.25, 0.3) is 0 Å². The van der Waals surface area contributed by atoms with E-state index in [-0.39, 0.29) is 18.1 Å². The quantitative estimate of drug-likeness (QED) is 0.788. The highest BCUT2D eigenvalue weighted by Crippen LogP contribution is 2.21. The van der Waals surface area contributed by atoms with Gasteiger partial charge in [-0.05, 0) is 50.3 Å². The fourth-order valence-corrected chi connectivity index (χ4v) is 4.50. The molecule has 0 bridgehead atoms. The minimum atomic E-state index is 0.136. The van der Waals surface area contributed by atoms with Crippen LogP contribution >= 0.6 is 11.8 Å². The lowest BCUT2D eigenvalue weighted by atomic mass is 10.1. The summed E-state index contributed by atoms with van der Waals surface area (Å²) in [5.74, 6) is 3.09. The number of amides is 1. The highest BCUT2D eigenvalue weighted by Gasteiger charge is 2.28. The molecule has 6 heteroatoms. The summed E-state index contributed by atoms with van der Waals surface area (Å²) in [7, 11) is 0. The van der Waals surface area contributed by atoms with Gasteiger partial charge in [-0.1, -0.05) is 0 Å². The van der Waals surface area contributed by atoms with Crippen LogP contribution in [-0.2, 0) is 4.74 Å². The summed E-state index contributed by atoms with van der Waals surface area (Å²) in [4.78, 5) is 17.7. The highest BCUT2D eigenvalue weighted by atomic mass is 32.2. The van der Waals surface area contributed by atoms with Crippen LogP contribution in [0.4, 0.5) is 0 Å². The number of rotatable bonds is 5. The molecular formula is C20H30N2O3S. The van der Waals surface area contributed by atoms with Crippen LogP contribution in [0, 0.1) is 0 Å². The van der Waals surface area contributed by atoms with E-state index in [1.807, 2.05) is 49.9 Å². The van der Waals surface area contributed by atoms with E-state index in [1.54, 1.807) is 0 Å². The van der Waals surface area contributed by atoms with Gasteiger partial charge in [0.2, 0.25) is 0 Å². The number of ether oxygens (including phenoxy) is 2. The molecular weight excluding hydrogens is 348 g/mol. The van der Waals surface area contributed by atoms with Crippen LogP contribution in [0.2, 0.25) is 0 Å². The Labute approximate surface area is 161 Å². The first kappa shape index (κ1) is 19.5. The fourth-order valence-electron chi connectivity index (χ4n) is 3.44. The molecule has 1 aromatic rings. The number of nitrogens with zero attached hydrogens (tertiary/aromatic N) is 2. The van der Waals surface area contributed by atoms with Crippen molar-refractivity contribution in [1.29, 1.82) is 0 Å². The zero-order chi connectivity index (χ0) is 18.4. The van der Waals surface area contributed by atoms with E-state index >= 15 is 0 Å². The molecule has 0 spiro atoms. The fraction of sp³-hybridized carbons (Fsp3) is 0.650. The molecule has 0 N–H and O–H groups in total. The highest BCUT2D eigenvalue weighted by molar-refractivity contribution is 7.99. The van der Waals surface area contributed by atoms with Crippen molar-refractivity contribution in [2.75, 3.05) is 50.9 Å². The van der Waals surface area contributed by atoms with Crippen molar-refractivity contribution in [1.82, 2.24) is 9.80 Å².